The van der Waals surface area contributed by atoms with Crippen LogP contribution in [0.3, 0.4) is 0 Å². The fourth-order valence-electron chi connectivity index (χ4n) is 3.03. The second-order valence-corrected chi connectivity index (χ2v) is 9.85. The Morgan fingerprint density at radius 1 is 1.13 bits per heavy atom. The summed E-state index contributed by atoms with van der Waals surface area (Å²) >= 11 is 1.09. The van der Waals surface area contributed by atoms with Crippen LogP contribution in [0.2, 0.25) is 0 Å². The zero-order valence-corrected chi connectivity index (χ0v) is 19.2. The maximum Gasteiger partial charge on any atom is 0.234 e. The smallest absolute Gasteiger partial charge is 0.234 e. The van der Waals surface area contributed by atoms with Gasteiger partial charge in [-0.1, -0.05) is 49.0 Å². The van der Waals surface area contributed by atoms with Gasteiger partial charge < -0.3 is 11.1 Å². The van der Waals surface area contributed by atoms with Crippen molar-refractivity contribution >= 4 is 39.0 Å². The maximum atomic E-state index is 13.0. The number of nitrogens with zero attached hydrogens (tertiary/aromatic N) is 2. The number of carbonyl (C=O) groups is 1. The van der Waals surface area contributed by atoms with Crippen molar-refractivity contribution in [2.75, 3.05) is 16.8 Å². The summed E-state index contributed by atoms with van der Waals surface area (Å²) < 4.78 is 26.1. The quantitative estimate of drug-likeness (QED) is 0.410. The van der Waals surface area contributed by atoms with Crippen molar-refractivity contribution in [1.82, 2.24) is 9.97 Å². The van der Waals surface area contributed by atoms with Crippen LogP contribution in [0.25, 0.3) is 0 Å². The zero-order valence-electron chi connectivity index (χ0n) is 17.5. The van der Waals surface area contributed by atoms with E-state index in [0.717, 1.165) is 35.0 Å². The van der Waals surface area contributed by atoms with Gasteiger partial charge in [-0.15, -0.1) is 0 Å². The third-order valence-corrected chi connectivity index (χ3v) is 7.46. The van der Waals surface area contributed by atoms with Crippen molar-refractivity contribution in [1.29, 1.82) is 0 Å². The minimum Gasteiger partial charge on any atom is -0.382 e. The molecule has 162 valence electrons. The predicted molar refractivity (Wildman–Crippen MR) is 123 cm³/mol. The van der Waals surface area contributed by atoms with E-state index in [0.29, 0.717) is 5.56 Å². The first-order chi connectivity index (χ1) is 14.7. The third kappa shape index (κ3) is 5.23. The number of hydrogen-bond acceptors (Lipinski definition) is 7. The van der Waals surface area contributed by atoms with Gasteiger partial charge in [-0.05, 0) is 49.1 Å². The van der Waals surface area contributed by atoms with Crippen LogP contribution >= 0.6 is 11.8 Å². The van der Waals surface area contributed by atoms with E-state index in [4.69, 9.17) is 5.73 Å². The van der Waals surface area contributed by atoms with Gasteiger partial charge in [0.1, 0.15) is 10.7 Å². The van der Waals surface area contributed by atoms with E-state index in [9.17, 15) is 13.2 Å². The first-order valence-electron chi connectivity index (χ1n) is 9.67. The van der Waals surface area contributed by atoms with Crippen molar-refractivity contribution in [3.8, 4) is 0 Å². The topological polar surface area (TPSA) is 115 Å². The molecule has 31 heavy (non-hydrogen) atoms. The van der Waals surface area contributed by atoms with Crippen molar-refractivity contribution in [3.63, 3.8) is 0 Å². The molecule has 1 heterocycles. The molecule has 7 nitrogen and oxygen atoms in total. The molecule has 1 amide bonds. The molecule has 0 aliphatic carbocycles. The number of nitrogens with one attached hydrogen (secondary N) is 1. The molecule has 1 aromatic heterocycles. The Bertz CT molecular complexity index is 1230. The number of aryl methyl sites for hydroxylation is 3. The fourth-order valence-corrected chi connectivity index (χ4v) is 5.23. The van der Waals surface area contributed by atoms with Gasteiger partial charge in [-0.3, -0.25) is 4.79 Å². The van der Waals surface area contributed by atoms with Crippen LogP contribution in [0.1, 0.15) is 23.6 Å². The molecule has 0 fully saturated rings. The summed E-state index contributed by atoms with van der Waals surface area (Å²) in [7, 11) is -3.86. The van der Waals surface area contributed by atoms with E-state index in [1.807, 2.05) is 44.2 Å². The Labute approximate surface area is 186 Å². The number of carbonyl (C=O) groups excluding carboxylic acids is 1. The van der Waals surface area contributed by atoms with Gasteiger partial charge in [0.25, 0.3) is 0 Å². The molecule has 3 aromatic rings. The van der Waals surface area contributed by atoms with Crippen LogP contribution in [0, 0.1) is 13.8 Å². The lowest BCUT2D eigenvalue weighted by molar-refractivity contribution is -0.113. The number of benzene rings is 2. The predicted octanol–water partition coefficient (Wildman–Crippen LogP) is 3.80. The third-order valence-electron chi connectivity index (χ3n) is 4.69. The number of nitrogen functional groups attached to an aromatic ring is 1. The molecule has 0 aliphatic heterocycles. The molecular formula is C22H24N4O3S2. The van der Waals surface area contributed by atoms with Gasteiger partial charge >= 0.3 is 0 Å². The van der Waals surface area contributed by atoms with Crippen LogP contribution in [0.4, 0.5) is 11.5 Å². The first kappa shape index (κ1) is 22.8. The molecule has 0 bridgehead atoms. The Hall–Kier alpha value is -2.91. The number of amides is 1. The summed E-state index contributed by atoms with van der Waals surface area (Å²) in [6, 6.07) is 12.8. The number of anilines is 2. The number of aromatic nitrogens is 2. The second kappa shape index (κ2) is 9.49. The molecule has 0 atom stereocenters. The average molecular weight is 457 g/mol. The number of rotatable bonds is 7. The number of nitrogens with two attached hydrogens (primary N) is 1. The molecule has 0 saturated carbocycles. The van der Waals surface area contributed by atoms with Crippen molar-refractivity contribution in [2.45, 2.75) is 42.1 Å². The number of hydrogen-bond donors (Lipinski definition) is 2. The first-order valence-corrected chi connectivity index (χ1v) is 12.1. The summed E-state index contributed by atoms with van der Waals surface area (Å²) in [5, 5.41) is 3.11. The molecule has 0 aliphatic rings. The van der Waals surface area contributed by atoms with Crippen molar-refractivity contribution in [2.24, 2.45) is 0 Å². The van der Waals surface area contributed by atoms with E-state index >= 15 is 0 Å². The Morgan fingerprint density at radius 3 is 2.58 bits per heavy atom. The number of para-hydroxylation sites is 1. The Kier molecular flexibility index (Phi) is 6.97. The van der Waals surface area contributed by atoms with Crippen LogP contribution in [-0.4, -0.2) is 30.0 Å². The second-order valence-electron chi connectivity index (χ2n) is 7.02. The van der Waals surface area contributed by atoms with Gasteiger partial charge in [-0.2, -0.15) is 0 Å². The highest BCUT2D eigenvalue weighted by Gasteiger charge is 2.24. The molecule has 9 heteroatoms. The molecule has 0 saturated heterocycles. The number of sulfone groups is 1. The lowest BCUT2D eigenvalue weighted by atomic mass is 10.1. The minimum atomic E-state index is -3.86. The standard InChI is InChI=1S/C22H24N4O3S2/c1-4-16-7-5-6-8-17(16)25-20(27)13-30-22-24-12-19(21(23)26-22)31(28,29)18-11-14(2)9-10-15(18)3/h5-12H,4,13H2,1-3H3,(H,25,27)(H2,23,24,26). The van der Waals surface area contributed by atoms with Gasteiger partial charge in [0.2, 0.25) is 15.7 Å². The summed E-state index contributed by atoms with van der Waals surface area (Å²) in [4.78, 5) is 20.5. The van der Waals surface area contributed by atoms with Gasteiger partial charge in [0.15, 0.2) is 5.16 Å². The molecule has 0 radical (unpaired) electrons. The van der Waals surface area contributed by atoms with Crippen LogP contribution in [0.15, 0.2) is 63.6 Å². The Morgan fingerprint density at radius 2 is 1.87 bits per heavy atom. The van der Waals surface area contributed by atoms with Gasteiger partial charge in [0, 0.05) is 5.69 Å². The monoisotopic (exact) mass is 456 g/mol. The van der Waals surface area contributed by atoms with E-state index < -0.39 is 9.84 Å². The van der Waals surface area contributed by atoms with Crippen molar-refractivity contribution < 1.29 is 13.2 Å². The maximum absolute atomic E-state index is 13.0. The highest BCUT2D eigenvalue weighted by Crippen LogP contribution is 2.28. The van der Waals surface area contributed by atoms with Crippen LogP contribution < -0.4 is 11.1 Å². The molecular weight excluding hydrogens is 432 g/mol. The summed E-state index contributed by atoms with van der Waals surface area (Å²) in [5.74, 6) is -0.282. The largest absolute Gasteiger partial charge is 0.382 e. The molecule has 3 N–H and O–H groups in total. The summed E-state index contributed by atoms with van der Waals surface area (Å²) in [6.45, 7) is 5.56. The normalized spacial score (nSPS) is 11.3. The lowest BCUT2D eigenvalue weighted by Crippen LogP contribution is -2.16. The highest BCUT2D eigenvalue weighted by atomic mass is 32.2. The zero-order chi connectivity index (χ0) is 22.6. The number of thioether (sulfide) groups is 1. The van der Waals surface area contributed by atoms with Crippen LogP contribution in [-0.2, 0) is 21.1 Å². The van der Waals surface area contributed by atoms with E-state index in [2.05, 4.69) is 15.3 Å². The van der Waals surface area contributed by atoms with E-state index in [1.165, 1.54) is 6.20 Å². The fraction of sp³-hybridized carbons (Fsp3) is 0.227. The highest BCUT2D eigenvalue weighted by molar-refractivity contribution is 7.99. The molecule has 3 rings (SSSR count). The minimum absolute atomic E-state index is 0.0700. The van der Waals surface area contributed by atoms with Gasteiger partial charge in [0.05, 0.1) is 16.8 Å². The summed E-state index contributed by atoms with van der Waals surface area (Å²) in [5.41, 5.74) is 9.21. The lowest BCUT2D eigenvalue weighted by Gasteiger charge is -2.11. The molecule has 2 aromatic carbocycles. The SMILES string of the molecule is CCc1ccccc1NC(=O)CSc1ncc(S(=O)(=O)c2cc(C)ccc2C)c(N)n1. The average Bonchev–Trinajstić information content (AvgIpc) is 2.74. The Balaban J connectivity index is 1.74. The van der Waals surface area contributed by atoms with Crippen LogP contribution in [0.5, 0.6) is 0 Å². The molecule has 0 spiro atoms. The van der Waals surface area contributed by atoms with E-state index in [-0.39, 0.29) is 32.4 Å². The van der Waals surface area contributed by atoms with E-state index in [1.54, 1.807) is 19.1 Å². The van der Waals surface area contributed by atoms with Gasteiger partial charge in [-0.25, -0.2) is 18.4 Å². The molecule has 0 unspecified atom stereocenters. The summed E-state index contributed by atoms with van der Waals surface area (Å²) in [6.07, 6.45) is 2.01. The van der Waals surface area contributed by atoms with Crippen molar-refractivity contribution in [3.05, 3.63) is 65.4 Å².